The third-order valence-corrected chi connectivity index (χ3v) is 4.19. The van der Waals surface area contributed by atoms with Crippen molar-refractivity contribution in [1.82, 2.24) is 9.80 Å². The third kappa shape index (κ3) is 3.02. The van der Waals surface area contributed by atoms with Gasteiger partial charge in [-0.25, -0.2) is 0 Å². The van der Waals surface area contributed by atoms with E-state index < -0.39 is 5.97 Å². The Morgan fingerprint density at radius 3 is 2.67 bits per heavy atom. The highest BCUT2D eigenvalue weighted by atomic mass is 16.4. The summed E-state index contributed by atoms with van der Waals surface area (Å²) in [6, 6.07) is 0.595. The van der Waals surface area contributed by atoms with Crippen molar-refractivity contribution < 1.29 is 14.7 Å². The minimum Gasteiger partial charge on any atom is -0.481 e. The summed E-state index contributed by atoms with van der Waals surface area (Å²) in [4.78, 5) is 26.7. The van der Waals surface area contributed by atoms with Crippen LogP contribution in [0.4, 0.5) is 0 Å². The molecule has 5 heteroatoms. The highest BCUT2D eigenvalue weighted by molar-refractivity contribution is 5.79. The molecule has 1 amide bonds. The van der Waals surface area contributed by atoms with Crippen LogP contribution in [-0.4, -0.2) is 59.0 Å². The second kappa shape index (κ2) is 5.69. The first-order valence-electron chi connectivity index (χ1n) is 6.79. The number of amides is 1. The monoisotopic (exact) mass is 254 g/mol. The molecule has 1 N–H and O–H groups in total. The molecule has 102 valence electrons. The number of carboxylic acids is 1. The van der Waals surface area contributed by atoms with Gasteiger partial charge in [0.05, 0.1) is 6.54 Å². The summed E-state index contributed by atoms with van der Waals surface area (Å²) in [5, 5.41) is 8.76. The van der Waals surface area contributed by atoms with Crippen LogP contribution in [0.1, 0.15) is 38.5 Å². The highest BCUT2D eigenvalue weighted by Crippen LogP contribution is 2.26. The first-order chi connectivity index (χ1) is 8.58. The van der Waals surface area contributed by atoms with Gasteiger partial charge in [0.2, 0.25) is 5.91 Å². The Morgan fingerprint density at radius 1 is 1.39 bits per heavy atom. The smallest absolute Gasteiger partial charge is 0.303 e. The van der Waals surface area contributed by atoms with Crippen molar-refractivity contribution in [1.29, 1.82) is 0 Å². The first kappa shape index (κ1) is 13.3. The lowest BCUT2D eigenvalue weighted by molar-refractivity contribution is -0.141. The molecule has 18 heavy (non-hydrogen) atoms. The second-order valence-corrected chi connectivity index (χ2v) is 5.49. The van der Waals surface area contributed by atoms with Crippen LogP contribution in [0, 0.1) is 0 Å². The molecule has 1 heterocycles. The second-order valence-electron chi connectivity index (χ2n) is 5.49. The van der Waals surface area contributed by atoms with Crippen LogP contribution in [-0.2, 0) is 9.59 Å². The molecule has 0 bridgehead atoms. The molecule has 2 fully saturated rings. The Hall–Kier alpha value is -1.10. The fourth-order valence-electron chi connectivity index (χ4n) is 3.07. The van der Waals surface area contributed by atoms with Gasteiger partial charge >= 0.3 is 5.97 Å². The van der Waals surface area contributed by atoms with E-state index in [4.69, 9.17) is 5.11 Å². The molecule has 1 aliphatic heterocycles. The van der Waals surface area contributed by atoms with Gasteiger partial charge in [-0.05, 0) is 26.3 Å². The molecule has 1 atom stereocenters. The van der Waals surface area contributed by atoms with Crippen molar-refractivity contribution in [2.75, 3.05) is 20.1 Å². The molecule has 2 aliphatic rings. The summed E-state index contributed by atoms with van der Waals surface area (Å²) in [5.74, 6) is -0.552. The number of carboxylic acid groups (broad SMARTS) is 1. The molecule has 0 aromatic carbocycles. The summed E-state index contributed by atoms with van der Waals surface area (Å²) in [7, 11) is 1.91. The van der Waals surface area contributed by atoms with Crippen molar-refractivity contribution >= 4 is 11.9 Å². The zero-order valence-electron chi connectivity index (χ0n) is 11.0. The molecule has 0 spiro atoms. The van der Waals surface area contributed by atoms with Crippen LogP contribution < -0.4 is 0 Å². The van der Waals surface area contributed by atoms with Gasteiger partial charge in [-0.3, -0.25) is 14.5 Å². The molecular weight excluding hydrogens is 232 g/mol. The van der Waals surface area contributed by atoms with Gasteiger partial charge in [0.15, 0.2) is 0 Å². The third-order valence-electron chi connectivity index (χ3n) is 4.19. The van der Waals surface area contributed by atoms with Gasteiger partial charge in [-0.15, -0.1) is 0 Å². The van der Waals surface area contributed by atoms with Crippen molar-refractivity contribution in [3.8, 4) is 0 Å². The maximum atomic E-state index is 12.0. The molecule has 0 aromatic heterocycles. The van der Waals surface area contributed by atoms with Gasteiger partial charge in [0, 0.05) is 25.0 Å². The quantitative estimate of drug-likeness (QED) is 0.811. The molecule has 0 radical (unpaired) electrons. The lowest BCUT2D eigenvalue weighted by atomic mass is 10.0. The lowest BCUT2D eigenvalue weighted by Crippen LogP contribution is -2.57. The number of aliphatic carboxylic acids is 1. The average molecular weight is 254 g/mol. The lowest BCUT2D eigenvalue weighted by Gasteiger charge is -2.41. The summed E-state index contributed by atoms with van der Waals surface area (Å²) < 4.78 is 0. The number of hydrogen-bond acceptors (Lipinski definition) is 3. The Kier molecular flexibility index (Phi) is 4.22. The Balaban J connectivity index is 1.94. The van der Waals surface area contributed by atoms with Crippen molar-refractivity contribution in [3.05, 3.63) is 0 Å². The number of carbonyl (C=O) groups excluding carboxylic acids is 1. The fourth-order valence-corrected chi connectivity index (χ4v) is 3.07. The zero-order valence-corrected chi connectivity index (χ0v) is 11.0. The molecule has 0 aromatic rings. The highest BCUT2D eigenvalue weighted by Gasteiger charge is 2.34. The maximum absolute atomic E-state index is 12.0. The molecule has 1 unspecified atom stereocenters. The number of carbonyl (C=O) groups is 2. The van der Waals surface area contributed by atoms with Crippen LogP contribution in [0.15, 0.2) is 0 Å². The average Bonchev–Trinajstić information content (AvgIpc) is 2.81. The van der Waals surface area contributed by atoms with E-state index in [9.17, 15) is 9.59 Å². The first-order valence-corrected chi connectivity index (χ1v) is 6.79. The van der Waals surface area contributed by atoms with E-state index in [2.05, 4.69) is 0 Å². The van der Waals surface area contributed by atoms with E-state index in [1.807, 2.05) is 16.8 Å². The van der Waals surface area contributed by atoms with Gasteiger partial charge < -0.3 is 10.0 Å². The van der Waals surface area contributed by atoms with Gasteiger partial charge in [0.25, 0.3) is 0 Å². The van der Waals surface area contributed by atoms with Gasteiger partial charge in [-0.1, -0.05) is 12.8 Å². The topological polar surface area (TPSA) is 60.9 Å². The summed E-state index contributed by atoms with van der Waals surface area (Å²) >= 11 is 0. The fraction of sp³-hybridized carbons (Fsp3) is 0.846. The molecule has 5 nitrogen and oxygen atoms in total. The molecule has 2 rings (SSSR count). The molecule has 1 aliphatic carbocycles. The van der Waals surface area contributed by atoms with Crippen molar-refractivity contribution in [3.63, 3.8) is 0 Å². The van der Waals surface area contributed by atoms with E-state index in [0.717, 1.165) is 12.8 Å². The standard InChI is InChI=1S/C13H22N2O3/c1-14-9-12(16)15(10-4-2-3-5-10)8-11(14)6-7-13(17)18/h10-11H,2-9H2,1H3,(H,17,18). The van der Waals surface area contributed by atoms with Crippen LogP contribution >= 0.6 is 0 Å². The molecular formula is C13H22N2O3. The number of rotatable bonds is 4. The summed E-state index contributed by atoms with van der Waals surface area (Å²) in [6.45, 7) is 1.13. The van der Waals surface area contributed by atoms with Crippen LogP contribution in [0.5, 0.6) is 0 Å². The number of likely N-dealkylation sites (N-methyl/N-ethyl adjacent to an activating group) is 1. The normalized spacial score (nSPS) is 26.8. The van der Waals surface area contributed by atoms with E-state index in [1.165, 1.54) is 12.8 Å². The van der Waals surface area contributed by atoms with E-state index >= 15 is 0 Å². The van der Waals surface area contributed by atoms with Gasteiger partial charge in [0.1, 0.15) is 0 Å². The maximum Gasteiger partial charge on any atom is 0.303 e. The summed E-state index contributed by atoms with van der Waals surface area (Å²) in [5.41, 5.74) is 0. The number of piperazine rings is 1. The SMILES string of the molecule is CN1CC(=O)N(C2CCCC2)CC1CCC(=O)O. The summed E-state index contributed by atoms with van der Waals surface area (Å²) in [6.07, 6.45) is 5.46. The van der Waals surface area contributed by atoms with Gasteiger partial charge in [-0.2, -0.15) is 0 Å². The minimum atomic E-state index is -0.757. The van der Waals surface area contributed by atoms with Crippen LogP contribution in [0.3, 0.4) is 0 Å². The Labute approximate surface area is 108 Å². The van der Waals surface area contributed by atoms with E-state index in [-0.39, 0.29) is 18.4 Å². The predicted octanol–water partition coefficient (Wildman–Crippen LogP) is 0.936. The van der Waals surface area contributed by atoms with E-state index in [1.54, 1.807) is 0 Å². The molecule has 1 saturated carbocycles. The predicted molar refractivity (Wildman–Crippen MR) is 67.3 cm³/mol. The number of nitrogens with zero attached hydrogens (tertiary/aromatic N) is 2. The zero-order chi connectivity index (χ0) is 13.1. The van der Waals surface area contributed by atoms with Crippen LogP contribution in [0.25, 0.3) is 0 Å². The Morgan fingerprint density at radius 2 is 2.06 bits per heavy atom. The largest absolute Gasteiger partial charge is 0.481 e. The Bertz CT molecular complexity index is 326. The minimum absolute atomic E-state index is 0.182. The van der Waals surface area contributed by atoms with Crippen LogP contribution in [0.2, 0.25) is 0 Å². The van der Waals surface area contributed by atoms with Crippen molar-refractivity contribution in [2.45, 2.75) is 50.6 Å². The van der Waals surface area contributed by atoms with Crippen molar-refractivity contribution in [2.24, 2.45) is 0 Å². The van der Waals surface area contributed by atoms with E-state index in [0.29, 0.717) is 25.6 Å². The molecule has 1 saturated heterocycles. The number of hydrogen-bond donors (Lipinski definition) is 1.